The van der Waals surface area contributed by atoms with E-state index in [-0.39, 0.29) is 0 Å². The van der Waals surface area contributed by atoms with Gasteiger partial charge >= 0.3 is 0 Å². The highest BCUT2D eigenvalue weighted by Crippen LogP contribution is 1.99. The zero-order valence-electron chi connectivity index (χ0n) is 10.8. The summed E-state index contributed by atoms with van der Waals surface area (Å²) in [5.74, 6) is 0. The van der Waals surface area contributed by atoms with Crippen molar-refractivity contribution >= 4 is 0 Å². The Labute approximate surface area is 105 Å². The van der Waals surface area contributed by atoms with Crippen molar-refractivity contribution < 1.29 is 9.84 Å². The molecule has 0 radical (unpaired) electrons. The highest BCUT2D eigenvalue weighted by molar-refractivity contribution is 5.14. The molecule has 1 aromatic carbocycles. The van der Waals surface area contributed by atoms with E-state index in [0.29, 0.717) is 0 Å². The van der Waals surface area contributed by atoms with Gasteiger partial charge in [-0.25, -0.2) is 0 Å². The maximum absolute atomic E-state index is 7.00. The molecule has 0 saturated heterocycles. The Morgan fingerprint density at radius 2 is 1.71 bits per heavy atom. The molecular formula is C14H26NO2+. The van der Waals surface area contributed by atoms with Gasteiger partial charge in [0.25, 0.3) is 0 Å². The molecule has 3 heteroatoms. The van der Waals surface area contributed by atoms with Crippen LogP contribution in [-0.4, -0.2) is 36.7 Å². The van der Waals surface area contributed by atoms with E-state index < -0.39 is 0 Å². The summed E-state index contributed by atoms with van der Waals surface area (Å²) in [6.45, 7) is 2.75. The van der Waals surface area contributed by atoms with Crippen LogP contribution in [0.5, 0.6) is 0 Å². The predicted molar refractivity (Wildman–Crippen MR) is 73.1 cm³/mol. The van der Waals surface area contributed by atoms with Crippen molar-refractivity contribution in [3.05, 3.63) is 35.9 Å². The Morgan fingerprint density at radius 1 is 1.00 bits per heavy atom. The van der Waals surface area contributed by atoms with Crippen molar-refractivity contribution in [3.8, 4) is 0 Å². The molecule has 0 saturated carbocycles. The number of aliphatic hydroxyl groups excluding tert-OH is 1. The number of hydrogen-bond donors (Lipinski definition) is 2. The van der Waals surface area contributed by atoms with Crippen LogP contribution in [0.4, 0.5) is 0 Å². The van der Waals surface area contributed by atoms with Crippen LogP contribution in [-0.2, 0) is 6.42 Å². The molecule has 4 N–H and O–H groups in total. The Bertz CT molecular complexity index is 239. The van der Waals surface area contributed by atoms with Gasteiger partial charge < -0.3 is 15.6 Å². The third-order valence-corrected chi connectivity index (χ3v) is 2.42. The fourth-order valence-corrected chi connectivity index (χ4v) is 1.51. The molecule has 3 nitrogen and oxygen atoms in total. The second kappa shape index (κ2) is 13.2. The third-order valence-electron chi connectivity index (χ3n) is 2.42. The van der Waals surface area contributed by atoms with Crippen molar-refractivity contribution in [2.24, 2.45) is 5.73 Å². The number of benzene rings is 1. The molecule has 0 bridgehead atoms. The number of nitrogens with two attached hydrogens (primary N) is 1. The van der Waals surface area contributed by atoms with Gasteiger partial charge in [0.15, 0.2) is 0 Å². The first-order chi connectivity index (χ1) is 8.43. The standard InChI is InChI=1S/C13H21NO.CH4O/c14-10-5-2-6-11-15-12-9-13-7-3-1-4-8-13;1-2/h1,3-4,7-8H,2,5-6,9-12,14H2;2H,1H3/p+1. The van der Waals surface area contributed by atoms with E-state index in [4.69, 9.17) is 10.8 Å². The predicted octanol–water partition coefficient (Wildman–Crippen LogP) is 1.49. The van der Waals surface area contributed by atoms with E-state index in [1.54, 1.807) is 0 Å². The first-order valence-corrected chi connectivity index (χ1v) is 6.25. The number of rotatable bonds is 8. The molecule has 0 aliphatic rings. The van der Waals surface area contributed by atoms with Gasteiger partial charge in [-0.15, -0.1) is 0 Å². The molecule has 0 aliphatic carbocycles. The van der Waals surface area contributed by atoms with Crippen LogP contribution < -0.4 is 5.73 Å². The summed E-state index contributed by atoms with van der Waals surface area (Å²) in [5, 5.41) is 7.00. The van der Waals surface area contributed by atoms with Crippen LogP contribution in [0, 0.1) is 0 Å². The molecule has 0 spiro atoms. The zero-order valence-corrected chi connectivity index (χ0v) is 10.8. The number of hydrogen-bond acceptors (Lipinski definition) is 2. The smallest absolute Gasteiger partial charge is 0.148 e. The normalized spacial score (nSPS) is 9.59. The van der Waals surface area contributed by atoms with Crippen LogP contribution in [0.15, 0.2) is 30.3 Å². The summed E-state index contributed by atoms with van der Waals surface area (Å²) < 4.78 is 4.50. The average molecular weight is 240 g/mol. The molecule has 0 aromatic heterocycles. The Hall–Kier alpha value is -0.900. The minimum Gasteiger partial charge on any atom is -0.433 e. The van der Waals surface area contributed by atoms with Gasteiger partial charge in [-0.3, -0.25) is 0 Å². The summed E-state index contributed by atoms with van der Waals surface area (Å²) in [6.07, 6.45) is 4.60. The van der Waals surface area contributed by atoms with Crippen LogP contribution >= 0.6 is 0 Å². The number of ether oxygens (including phenoxy) is 1. The van der Waals surface area contributed by atoms with Crippen LogP contribution in [0.1, 0.15) is 24.8 Å². The van der Waals surface area contributed by atoms with E-state index in [1.807, 2.05) is 6.07 Å². The van der Waals surface area contributed by atoms with Crippen molar-refractivity contribution in [1.29, 1.82) is 0 Å². The number of unbranched alkanes of at least 4 members (excludes halogenated alkanes) is 2. The number of aliphatic hydroxyl groups is 3. The average Bonchev–Trinajstić information content (AvgIpc) is 2.41. The van der Waals surface area contributed by atoms with Gasteiger partial charge in [0, 0.05) is 20.0 Å². The van der Waals surface area contributed by atoms with Gasteiger partial charge in [0.2, 0.25) is 0 Å². The first-order valence-electron chi connectivity index (χ1n) is 6.25. The summed E-state index contributed by atoms with van der Waals surface area (Å²) in [5.41, 5.74) is 6.79. The maximum atomic E-state index is 7.00. The maximum Gasteiger partial charge on any atom is 0.148 e. The molecular weight excluding hydrogens is 214 g/mol. The Kier molecular flexibility index (Phi) is 12.5. The highest BCUT2D eigenvalue weighted by Gasteiger charge is 1.95. The molecule has 1 aromatic rings. The quantitative estimate of drug-likeness (QED) is 0.534. The lowest BCUT2D eigenvalue weighted by Crippen LogP contribution is -2.06. The summed E-state index contributed by atoms with van der Waals surface area (Å²) in [7, 11) is 1.00. The van der Waals surface area contributed by atoms with Crippen LogP contribution in [0.25, 0.3) is 0 Å². The molecule has 0 atom stereocenters. The van der Waals surface area contributed by atoms with E-state index in [1.165, 1.54) is 18.4 Å². The fraction of sp³-hybridized carbons (Fsp3) is 0.571. The topological polar surface area (TPSA) is 59.0 Å². The van der Waals surface area contributed by atoms with Gasteiger partial charge in [0.05, 0.1) is 0 Å². The SMILES string of the molecule is CO.NCCCCC[OH+]CCc1ccccc1. The lowest BCUT2D eigenvalue weighted by atomic mass is 10.2. The summed E-state index contributed by atoms with van der Waals surface area (Å²) in [4.78, 5) is 0. The minimum atomic E-state index is 0.810. The molecule has 17 heavy (non-hydrogen) atoms. The Balaban J connectivity index is 0.00000121. The van der Waals surface area contributed by atoms with Crippen LogP contribution in [0.3, 0.4) is 0 Å². The van der Waals surface area contributed by atoms with Gasteiger partial charge in [-0.05, 0) is 24.9 Å². The van der Waals surface area contributed by atoms with Crippen molar-refractivity contribution in [3.63, 3.8) is 0 Å². The molecule has 1 rings (SSSR count). The van der Waals surface area contributed by atoms with E-state index in [9.17, 15) is 0 Å². The monoisotopic (exact) mass is 240 g/mol. The lowest BCUT2D eigenvalue weighted by Gasteiger charge is -2.01. The fourth-order valence-electron chi connectivity index (χ4n) is 1.51. The van der Waals surface area contributed by atoms with Crippen molar-refractivity contribution in [2.75, 3.05) is 26.9 Å². The third kappa shape index (κ3) is 10.00. The van der Waals surface area contributed by atoms with E-state index in [0.717, 1.165) is 39.7 Å². The van der Waals surface area contributed by atoms with Crippen molar-refractivity contribution in [1.82, 2.24) is 0 Å². The lowest BCUT2D eigenvalue weighted by molar-refractivity contribution is -0.0373. The Morgan fingerprint density at radius 3 is 2.35 bits per heavy atom. The molecule has 0 aliphatic heterocycles. The molecule has 0 amide bonds. The zero-order chi connectivity index (χ0) is 12.8. The van der Waals surface area contributed by atoms with E-state index in [2.05, 4.69) is 29.0 Å². The van der Waals surface area contributed by atoms with Crippen LogP contribution in [0.2, 0.25) is 0 Å². The minimum absolute atomic E-state index is 0.810. The second-order valence-corrected chi connectivity index (χ2v) is 3.76. The van der Waals surface area contributed by atoms with E-state index >= 15 is 0 Å². The molecule has 0 heterocycles. The largest absolute Gasteiger partial charge is 0.433 e. The molecule has 98 valence electrons. The van der Waals surface area contributed by atoms with Gasteiger partial charge in [-0.1, -0.05) is 30.3 Å². The van der Waals surface area contributed by atoms with Gasteiger partial charge in [-0.2, -0.15) is 0 Å². The highest BCUT2D eigenvalue weighted by atomic mass is 16.5. The first kappa shape index (κ1) is 16.1. The van der Waals surface area contributed by atoms with Gasteiger partial charge in [0.1, 0.15) is 13.2 Å². The summed E-state index contributed by atoms with van der Waals surface area (Å²) >= 11 is 0. The second-order valence-electron chi connectivity index (χ2n) is 3.76. The summed E-state index contributed by atoms with van der Waals surface area (Å²) in [6, 6.07) is 10.5. The van der Waals surface area contributed by atoms with Crippen molar-refractivity contribution in [2.45, 2.75) is 25.7 Å². The molecule has 0 unspecified atom stereocenters. The molecule has 0 fully saturated rings.